The maximum absolute atomic E-state index is 9.32. The lowest BCUT2D eigenvalue weighted by Crippen LogP contribution is -2.12. The second-order valence-corrected chi connectivity index (χ2v) is 12.2. The standard InChI is InChI=1S/C11H11N5OS.C10H9N5O2S.C10H13N5O/c1-16-9-4-2-7(6-8(9)13-15-16)3-5-10-12-11(18)17-14-10;16-15-8-3-1-6(5-7(8)12-14-15)2-4-9-11-10(18)17-13-9;1-15-9-4-2-7(3-5-10(11)13-16)6-8(9)12-14-15/h2,4,6H,3,5H2,1H3,(H,12,14,18);1,3,5,16H,2,4H2,(H,11,13,18);2,4,6,16H,3,5H2,1H3,(H2,11,13). The Kier molecular flexibility index (Phi) is 11.0. The van der Waals surface area contributed by atoms with Crippen molar-refractivity contribution >= 4 is 63.4 Å². The highest BCUT2D eigenvalue weighted by Crippen LogP contribution is 2.16. The Balaban J connectivity index is 0.000000134. The van der Waals surface area contributed by atoms with Gasteiger partial charge in [0.2, 0.25) is 0 Å². The number of nitrogens with two attached hydrogens (primary N) is 1. The molecule has 0 aliphatic carbocycles. The fraction of sp³-hybridized carbons (Fsp3) is 0.258. The highest BCUT2D eigenvalue weighted by Gasteiger charge is 2.07. The first-order chi connectivity index (χ1) is 25.1. The van der Waals surface area contributed by atoms with Crippen LogP contribution < -0.4 is 5.73 Å². The van der Waals surface area contributed by atoms with Gasteiger partial charge in [0, 0.05) is 33.4 Å². The third kappa shape index (κ3) is 8.86. The van der Waals surface area contributed by atoms with Gasteiger partial charge in [0.15, 0.2) is 0 Å². The number of aromatic nitrogens is 13. The van der Waals surface area contributed by atoms with Crippen LogP contribution in [0.15, 0.2) is 68.8 Å². The molecule has 0 spiro atoms. The monoisotopic (exact) mass is 743 g/mol. The Hall–Kier alpha value is -6.35. The van der Waals surface area contributed by atoms with Gasteiger partial charge in [-0.1, -0.05) is 38.6 Å². The summed E-state index contributed by atoms with van der Waals surface area (Å²) in [5, 5.41) is 49.4. The van der Waals surface area contributed by atoms with E-state index in [4.69, 9.17) is 44.4 Å². The number of amidine groups is 1. The lowest BCUT2D eigenvalue weighted by Gasteiger charge is -2.00. The summed E-state index contributed by atoms with van der Waals surface area (Å²) in [6, 6.07) is 17.6. The van der Waals surface area contributed by atoms with Crippen LogP contribution in [0.1, 0.15) is 34.8 Å². The summed E-state index contributed by atoms with van der Waals surface area (Å²) in [7, 11) is 3.73. The van der Waals surface area contributed by atoms with Crippen molar-refractivity contribution in [3.05, 3.63) is 92.6 Å². The molecule has 268 valence electrons. The van der Waals surface area contributed by atoms with E-state index < -0.39 is 0 Å². The first kappa shape index (κ1) is 35.5. The molecule has 6 N–H and O–H groups in total. The van der Waals surface area contributed by atoms with E-state index in [0.29, 0.717) is 29.7 Å². The number of rotatable bonds is 9. The molecule has 0 amide bonds. The smallest absolute Gasteiger partial charge is 0.314 e. The summed E-state index contributed by atoms with van der Waals surface area (Å²) in [5.41, 5.74) is 13.8. The molecular weight excluding hydrogens is 711 g/mol. The van der Waals surface area contributed by atoms with Crippen LogP contribution in [-0.4, -0.2) is 81.7 Å². The van der Waals surface area contributed by atoms with Crippen molar-refractivity contribution in [2.75, 3.05) is 0 Å². The molecular formula is C31H33N15O4S2. The predicted molar refractivity (Wildman–Crippen MR) is 192 cm³/mol. The van der Waals surface area contributed by atoms with E-state index in [-0.39, 0.29) is 15.5 Å². The second-order valence-electron chi connectivity index (χ2n) is 11.5. The molecule has 0 aliphatic heterocycles. The molecule has 8 rings (SSSR count). The van der Waals surface area contributed by atoms with Crippen molar-refractivity contribution in [3.8, 4) is 0 Å². The molecule has 8 aromatic rings. The van der Waals surface area contributed by atoms with E-state index in [1.54, 1.807) is 15.4 Å². The Morgan fingerprint density at radius 1 is 0.692 bits per heavy atom. The van der Waals surface area contributed by atoms with Crippen LogP contribution >= 0.6 is 24.4 Å². The van der Waals surface area contributed by atoms with E-state index in [2.05, 4.69) is 62.4 Å². The summed E-state index contributed by atoms with van der Waals surface area (Å²) in [6.45, 7) is 0. The normalized spacial score (nSPS) is 11.5. The second kappa shape index (κ2) is 16.1. The number of H-pyrrole nitrogens is 2. The maximum Gasteiger partial charge on any atom is 0.314 e. The number of aromatic amines is 2. The fourth-order valence-corrected chi connectivity index (χ4v) is 5.48. The minimum Gasteiger partial charge on any atom is -0.410 e. The molecule has 0 unspecified atom stereocenters. The van der Waals surface area contributed by atoms with Crippen LogP contribution in [0.2, 0.25) is 0 Å². The summed E-state index contributed by atoms with van der Waals surface area (Å²) < 4.78 is 13.2. The van der Waals surface area contributed by atoms with Gasteiger partial charge >= 0.3 is 9.67 Å². The Bertz CT molecular complexity index is 2450. The molecule has 0 bridgehead atoms. The number of benzene rings is 3. The van der Waals surface area contributed by atoms with E-state index in [0.717, 1.165) is 69.5 Å². The van der Waals surface area contributed by atoms with Crippen molar-refractivity contribution in [2.24, 2.45) is 25.0 Å². The molecule has 52 heavy (non-hydrogen) atoms. The molecule has 21 heteroatoms. The van der Waals surface area contributed by atoms with Crippen LogP contribution in [0, 0.1) is 9.67 Å². The number of nitrogens with one attached hydrogen (secondary N) is 2. The molecule has 0 atom stereocenters. The van der Waals surface area contributed by atoms with Gasteiger partial charge in [-0.3, -0.25) is 0 Å². The molecule has 3 aromatic carbocycles. The van der Waals surface area contributed by atoms with Crippen LogP contribution in [0.4, 0.5) is 0 Å². The number of fused-ring (bicyclic) bond motifs is 3. The largest absolute Gasteiger partial charge is 0.410 e. The van der Waals surface area contributed by atoms with Gasteiger partial charge in [0.1, 0.15) is 39.6 Å². The van der Waals surface area contributed by atoms with Gasteiger partial charge in [-0.2, -0.15) is 9.97 Å². The van der Waals surface area contributed by atoms with E-state index in [1.165, 1.54) is 5.56 Å². The van der Waals surface area contributed by atoms with Gasteiger partial charge in [0.25, 0.3) is 0 Å². The van der Waals surface area contributed by atoms with E-state index in [1.807, 2.05) is 56.6 Å². The number of nitrogens with zero attached hydrogens (tertiary/aromatic N) is 12. The predicted octanol–water partition coefficient (Wildman–Crippen LogP) is 3.95. The first-order valence-electron chi connectivity index (χ1n) is 15.8. The average Bonchev–Trinajstić information content (AvgIpc) is 4.00. The maximum atomic E-state index is 9.32. The summed E-state index contributed by atoms with van der Waals surface area (Å²) >= 11 is 9.57. The Morgan fingerprint density at radius 2 is 1.13 bits per heavy atom. The molecule has 0 radical (unpaired) electrons. The first-order valence-corrected chi connectivity index (χ1v) is 16.6. The summed E-state index contributed by atoms with van der Waals surface area (Å²) in [6.07, 6.45) is 4.33. The van der Waals surface area contributed by atoms with Gasteiger partial charge in [-0.25, -0.2) is 19.7 Å². The Labute approximate surface area is 303 Å². The minimum absolute atomic E-state index is 0.212. The highest BCUT2D eigenvalue weighted by atomic mass is 32.1. The number of oxime groups is 1. The lowest BCUT2D eigenvalue weighted by atomic mass is 10.1. The van der Waals surface area contributed by atoms with Crippen molar-refractivity contribution in [1.82, 2.24) is 65.4 Å². The van der Waals surface area contributed by atoms with Gasteiger partial charge in [0.05, 0.1) is 11.0 Å². The SMILES string of the molecule is Cn1nnc2cc(CC/C(N)=N/O)ccc21.Cn1nnc2cc(CCc3nc(=S)o[nH]3)ccc21.On1nnc2cc(CCc3nc(=S)o[nH]3)ccc21. The van der Waals surface area contributed by atoms with Gasteiger partial charge in [-0.05, 0) is 102 Å². The van der Waals surface area contributed by atoms with Crippen molar-refractivity contribution in [2.45, 2.75) is 38.5 Å². The van der Waals surface area contributed by atoms with Crippen LogP contribution in [0.25, 0.3) is 33.1 Å². The number of aryl methyl sites for hydroxylation is 7. The lowest BCUT2D eigenvalue weighted by molar-refractivity contribution is 0.154. The summed E-state index contributed by atoms with van der Waals surface area (Å²) in [4.78, 5) is 9.28. The van der Waals surface area contributed by atoms with E-state index >= 15 is 0 Å². The molecule has 0 saturated heterocycles. The van der Waals surface area contributed by atoms with Crippen LogP contribution in [-0.2, 0) is 46.2 Å². The van der Waals surface area contributed by atoms with E-state index in [9.17, 15) is 5.21 Å². The Morgan fingerprint density at radius 3 is 1.60 bits per heavy atom. The summed E-state index contributed by atoms with van der Waals surface area (Å²) in [5.74, 6) is 1.71. The highest BCUT2D eigenvalue weighted by molar-refractivity contribution is 7.71. The molecule has 0 fully saturated rings. The quantitative estimate of drug-likeness (QED) is 0.0350. The topological polar surface area (TPSA) is 255 Å². The molecule has 5 aromatic heterocycles. The molecule has 5 heterocycles. The molecule has 19 nitrogen and oxygen atoms in total. The minimum atomic E-state index is 0.212. The number of hydrogen-bond donors (Lipinski definition) is 5. The molecule has 0 saturated carbocycles. The third-order valence-corrected chi connectivity index (χ3v) is 8.26. The van der Waals surface area contributed by atoms with Crippen LogP contribution in [0.5, 0.6) is 0 Å². The third-order valence-electron chi connectivity index (χ3n) is 7.91. The van der Waals surface area contributed by atoms with Gasteiger partial charge < -0.3 is 25.2 Å². The van der Waals surface area contributed by atoms with Crippen LogP contribution in [0.3, 0.4) is 0 Å². The fourth-order valence-electron chi connectivity index (χ4n) is 5.17. The molecule has 0 aliphatic rings. The zero-order valence-electron chi connectivity index (χ0n) is 27.9. The van der Waals surface area contributed by atoms with Gasteiger partial charge in [-0.15, -0.1) is 15.3 Å². The van der Waals surface area contributed by atoms with Crippen molar-refractivity contribution in [1.29, 1.82) is 0 Å². The van der Waals surface area contributed by atoms with Crippen molar-refractivity contribution < 1.29 is 19.5 Å². The number of hydrogen-bond acceptors (Lipinski definition) is 15. The van der Waals surface area contributed by atoms with Crippen molar-refractivity contribution in [3.63, 3.8) is 0 Å². The zero-order chi connectivity index (χ0) is 36.6. The average molecular weight is 744 g/mol. The zero-order valence-corrected chi connectivity index (χ0v) is 29.5.